The highest BCUT2D eigenvalue weighted by molar-refractivity contribution is 7.16. The molecule has 29 heavy (non-hydrogen) atoms. The Labute approximate surface area is 176 Å². The summed E-state index contributed by atoms with van der Waals surface area (Å²) in [5.41, 5.74) is 1.13. The van der Waals surface area contributed by atoms with Gasteiger partial charge in [0.1, 0.15) is 24.6 Å². The van der Waals surface area contributed by atoms with Crippen molar-refractivity contribution in [2.24, 2.45) is 0 Å². The van der Waals surface area contributed by atoms with Crippen LogP contribution >= 0.6 is 22.9 Å². The van der Waals surface area contributed by atoms with E-state index < -0.39 is 24.5 Å². The van der Waals surface area contributed by atoms with Crippen LogP contribution < -0.4 is 5.32 Å². The van der Waals surface area contributed by atoms with Crippen molar-refractivity contribution in [2.75, 3.05) is 19.0 Å². The van der Waals surface area contributed by atoms with Gasteiger partial charge in [0.15, 0.2) is 23.2 Å². The van der Waals surface area contributed by atoms with Crippen LogP contribution in [0.4, 0.5) is 5.82 Å². The SMILES string of the molecule is CO[C@@H]1[C@H](O)[C@@H](CO)O[C@H]1n1cnc2c(N[C@H](C)Cc3ccc(Cl)s3)ncnc21. The number of rotatable bonds is 7. The summed E-state index contributed by atoms with van der Waals surface area (Å²) in [4.78, 5) is 14.3. The van der Waals surface area contributed by atoms with E-state index in [1.165, 1.54) is 18.3 Å². The van der Waals surface area contributed by atoms with Gasteiger partial charge in [-0.1, -0.05) is 11.6 Å². The Balaban J connectivity index is 1.58. The minimum atomic E-state index is -0.954. The number of nitrogens with one attached hydrogen (secondary N) is 1. The monoisotopic (exact) mass is 439 g/mol. The maximum Gasteiger partial charge on any atom is 0.167 e. The highest BCUT2D eigenvalue weighted by atomic mass is 35.5. The molecule has 9 nitrogen and oxygen atoms in total. The molecule has 0 aromatic carbocycles. The van der Waals surface area contributed by atoms with E-state index in [1.807, 2.05) is 12.1 Å². The largest absolute Gasteiger partial charge is 0.394 e. The first-order valence-corrected chi connectivity index (χ1v) is 10.4. The van der Waals surface area contributed by atoms with Crippen molar-refractivity contribution in [1.82, 2.24) is 19.5 Å². The van der Waals surface area contributed by atoms with Crippen molar-refractivity contribution < 1.29 is 19.7 Å². The van der Waals surface area contributed by atoms with Crippen molar-refractivity contribution in [2.45, 2.75) is 43.9 Å². The Hall–Kier alpha value is -1.82. The fourth-order valence-corrected chi connectivity index (χ4v) is 4.76. The smallest absolute Gasteiger partial charge is 0.167 e. The average Bonchev–Trinajstić information content (AvgIpc) is 3.38. The van der Waals surface area contributed by atoms with Gasteiger partial charge in [0, 0.05) is 24.4 Å². The van der Waals surface area contributed by atoms with Gasteiger partial charge in [0.25, 0.3) is 0 Å². The standard InChI is InChI=1S/C18H22ClN5O4S/c1-9(5-10-3-4-12(19)29-10)23-16-13-17(21-7-20-16)24(8-22-13)18-15(27-2)14(26)11(6-25)28-18/h3-4,7-9,11,14-15,18,25-26H,5-6H2,1-2H3,(H,20,21,23)/t9-,11-,14-,15-,18-/m1/s1. The number of anilines is 1. The molecule has 156 valence electrons. The normalized spacial score (nSPS) is 25.6. The number of hydrogen-bond acceptors (Lipinski definition) is 9. The lowest BCUT2D eigenvalue weighted by atomic mass is 10.1. The number of hydrogen-bond donors (Lipinski definition) is 3. The number of halogens is 1. The van der Waals surface area contributed by atoms with Gasteiger partial charge >= 0.3 is 0 Å². The quantitative estimate of drug-likeness (QED) is 0.511. The van der Waals surface area contributed by atoms with Crippen LogP contribution in [-0.2, 0) is 15.9 Å². The number of aliphatic hydroxyl groups excluding tert-OH is 2. The van der Waals surface area contributed by atoms with Gasteiger partial charge in [-0.05, 0) is 19.1 Å². The molecular formula is C18H22ClN5O4S. The Bertz CT molecular complexity index is 982. The molecule has 1 saturated heterocycles. The molecule has 1 aliphatic heterocycles. The number of nitrogens with zero attached hydrogens (tertiary/aromatic N) is 4. The van der Waals surface area contributed by atoms with E-state index in [0.29, 0.717) is 17.0 Å². The van der Waals surface area contributed by atoms with Crippen LogP contribution in [-0.4, -0.2) is 67.8 Å². The summed E-state index contributed by atoms with van der Waals surface area (Å²) < 4.78 is 13.6. The van der Waals surface area contributed by atoms with Gasteiger partial charge < -0.3 is 25.0 Å². The van der Waals surface area contributed by atoms with E-state index in [1.54, 1.807) is 22.2 Å². The van der Waals surface area contributed by atoms with Gasteiger partial charge in [-0.25, -0.2) is 15.0 Å². The minimum Gasteiger partial charge on any atom is -0.394 e. The first-order chi connectivity index (χ1) is 14.0. The molecule has 4 heterocycles. The van der Waals surface area contributed by atoms with Crippen LogP contribution in [0, 0.1) is 0 Å². The highest BCUT2D eigenvalue weighted by Crippen LogP contribution is 2.34. The average molecular weight is 440 g/mol. The second-order valence-electron chi connectivity index (χ2n) is 6.94. The van der Waals surface area contributed by atoms with Crippen LogP contribution in [0.15, 0.2) is 24.8 Å². The molecule has 4 rings (SSSR count). The molecule has 0 bridgehead atoms. The number of imidazole rings is 1. The molecule has 0 aliphatic carbocycles. The summed E-state index contributed by atoms with van der Waals surface area (Å²) in [6.45, 7) is 1.75. The van der Waals surface area contributed by atoms with Gasteiger partial charge in [-0.15, -0.1) is 11.3 Å². The highest BCUT2D eigenvalue weighted by Gasteiger charge is 2.45. The van der Waals surface area contributed by atoms with Crippen LogP contribution in [0.3, 0.4) is 0 Å². The van der Waals surface area contributed by atoms with Crippen molar-refractivity contribution in [3.8, 4) is 0 Å². The van der Waals surface area contributed by atoms with Crippen molar-refractivity contribution in [3.63, 3.8) is 0 Å². The van der Waals surface area contributed by atoms with E-state index in [9.17, 15) is 10.2 Å². The third kappa shape index (κ3) is 3.96. The summed E-state index contributed by atoms with van der Waals surface area (Å²) in [6.07, 6.45) is 0.824. The number of thiophene rings is 1. The van der Waals surface area contributed by atoms with Crippen molar-refractivity contribution in [1.29, 1.82) is 0 Å². The van der Waals surface area contributed by atoms with E-state index in [2.05, 4.69) is 27.2 Å². The van der Waals surface area contributed by atoms with E-state index >= 15 is 0 Å². The zero-order valence-electron chi connectivity index (χ0n) is 15.9. The van der Waals surface area contributed by atoms with Gasteiger partial charge in [0.2, 0.25) is 0 Å². The Kier molecular flexibility index (Phi) is 6.00. The third-order valence-corrected chi connectivity index (χ3v) is 6.17. The second-order valence-corrected chi connectivity index (χ2v) is 8.74. The molecule has 3 N–H and O–H groups in total. The molecular weight excluding hydrogens is 418 g/mol. The molecule has 3 aromatic rings. The second kappa shape index (κ2) is 8.50. The van der Waals surface area contributed by atoms with Crippen molar-refractivity contribution in [3.05, 3.63) is 34.0 Å². The number of aromatic nitrogens is 4. The lowest BCUT2D eigenvalue weighted by molar-refractivity contribution is -0.0583. The fraction of sp³-hybridized carbons (Fsp3) is 0.500. The van der Waals surface area contributed by atoms with Crippen LogP contribution in [0.1, 0.15) is 18.0 Å². The molecule has 0 saturated carbocycles. The minimum absolute atomic E-state index is 0.100. The molecule has 5 atom stereocenters. The molecule has 0 amide bonds. The predicted octanol–water partition coefficient (Wildman–Crippen LogP) is 1.85. The topological polar surface area (TPSA) is 115 Å². The summed E-state index contributed by atoms with van der Waals surface area (Å²) in [7, 11) is 1.49. The Morgan fingerprint density at radius 2 is 2.21 bits per heavy atom. The lowest BCUT2D eigenvalue weighted by Crippen LogP contribution is -2.34. The van der Waals surface area contributed by atoms with Gasteiger partial charge in [-0.3, -0.25) is 4.57 Å². The van der Waals surface area contributed by atoms with Crippen LogP contribution in [0.25, 0.3) is 11.2 Å². The summed E-state index contributed by atoms with van der Waals surface area (Å²) >= 11 is 7.57. The van der Waals surface area contributed by atoms with E-state index in [4.69, 9.17) is 21.1 Å². The zero-order chi connectivity index (χ0) is 20.5. The van der Waals surface area contributed by atoms with E-state index in [0.717, 1.165) is 10.8 Å². The van der Waals surface area contributed by atoms with Crippen molar-refractivity contribution >= 4 is 39.9 Å². The summed E-state index contributed by atoms with van der Waals surface area (Å²) in [5.74, 6) is 0.607. The molecule has 0 radical (unpaired) electrons. The van der Waals surface area contributed by atoms with Gasteiger partial charge in [0.05, 0.1) is 17.3 Å². The summed E-state index contributed by atoms with van der Waals surface area (Å²) in [5, 5.41) is 23.1. The number of aliphatic hydroxyl groups is 2. The van der Waals surface area contributed by atoms with Crippen LogP contribution in [0.5, 0.6) is 0 Å². The molecule has 1 fully saturated rings. The maximum absolute atomic E-state index is 10.3. The van der Waals surface area contributed by atoms with Gasteiger partial charge in [-0.2, -0.15) is 0 Å². The first-order valence-electron chi connectivity index (χ1n) is 9.17. The first kappa shape index (κ1) is 20.5. The Morgan fingerprint density at radius 1 is 1.38 bits per heavy atom. The van der Waals surface area contributed by atoms with Crippen LogP contribution in [0.2, 0.25) is 4.34 Å². The molecule has 0 spiro atoms. The fourth-order valence-electron chi connectivity index (χ4n) is 3.54. The molecule has 0 unspecified atom stereocenters. The lowest BCUT2D eigenvalue weighted by Gasteiger charge is -2.20. The molecule has 3 aromatic heterocycles. The zero-order valence-corrected chi connectivity index (χ0v) is 17.5. The third-order valence-electron chi connectivity index (χ3n) is 4.92. The van der Waals surface area contributed by atoms with E-state index in [-0.39, 0.29) is 12.6 Å². The number of methoxy groups -OCH3 is 1. The number of ether oxygens (including phenoxy) is 2. The molecule has 1 aliphatic rings. The molecule has 11 heteroatoms. The Morgan fingerprint density at radius 3 is 2.90 bits per heavy atom. The summed E-state index contributed by atoms with van der Waals surface area (Å²) in [6, 6.07) is 4.00. The maximum atomic E-state index is 10.3. The predicted molar refractivity (Wildman–Crippen MR) is 109 cm³/mol. The number of fused-ring (bicyclic) bond motifs is 1.